The van der Waals surface area contributed by atoms with Crippen molar-refractivity contribution in [1.82, 2.24) is 0 Å². The van der Waals surface area contributed by atoms with E-state index < -0.39 is 0 Å². The molecule has 20 heavy (non-hydrogen) atoms. The maximum atomic E-state index is 6.27. The van der Waals surface area contributed by atoms with Crippen molar-refractivity contribution in [2.45, 2.75) is 58.4 Å². The van der Waals surface area contributed by atoms with Gasteiger partial charge in [-0.2, -0.15) is 0 Å². The Morgan fingerprint density at radius 1 is 1.20 bits per heavy atom. The van der Waals surface area contributed by atoms with E-state index in [2.05, 4.69) is 20.8 Å². The predicted octanol–water partition coefficient (Wildman–Crippen LogP) is 5.40. The van der Waals surface area contributed by atoms with Gasteiger partial charge < -0.3 is 10.5 Å². The second-order valence-corrected chi connectivity index (χ2v) is 6.14. The molecule has 2 atom stereocenters. The van der Waals surface area contributed by atoms with E-state index in [1.165, 1.54) is 0 Å². The predicted molar refractivity (Wildman–Crippen MR) is 88.2 cm³/mol. The third-order valence-corrected chi connectivity index (χ3v) is 4.01. The van der Waals surface area contributed by atoms with Gasteiger partial charge in [0.15, 0.2) is 0 Å². The van der Waals surface area contributed by atoms with Gasteiger partial charge in [-0.3, -0.25) is 0 Å². The standard InChI is InChI=1S/C16H25Cl2NO/c1-4-8-20-16-14(9-12(17)10-15(16)18)11(3)6-7-13(19)5-2/h9-11,13H,4-8,19H2,1-3H3. The Hall–Kier alpha value is -0.440. The Bertz CT molecular complexity index is 423. The van der Waals surface area contributed by atoms with Crippen LogP contribution in [0.3, 0.4) is 0 Å². The summed E-state index contributed by atoms with van der Waals surface area (Å²) in [5.41, 5.74) is 7.08. The van der Waals surface area contributed by atoms with E-state index >= 15 is 0 Å². The van der Waals surface area contributed by atoms with Gasteiger partial charge in [-0.15, -0.1) is 0 Å². The molecule has 0 saturated carbocycles. The SMILES string of the molecule is CCCOc1c(Cl)cc(Cl)cc1C(C)CCC(N)CC. The van der Waals surface area contributed by atoms with Crippen LogP contribution in [-0.4, -0.2) is 12.6 Å². The molecule has 0 aliphatic heterocycles. The first-order valence-corrected chi connectivity index (χ1v) is 8.12. The summed E-state index contributed by atoms with van der Waals surface area (Å²) in [7, 11) is 0. The van der Waals surface area contributed by atoms with E-state index in [-0.39, 0.29) is 6.04 Å². The molecule has 0 heterocycles. The maximum absolute atomic E-state index is 6.27. The quantitative estimate of drug-likeness (QED) is 0.696. The smallest absolute Gasteiger partial charge is 0.141 e. The molecule has 2 nitrogen and oxygen atoms in total. The Morgan fingerprint density at radius 2 is 1.90 bits per heavy atom. The highest BCUT2D eigenvalue weighted by Crippen LogP contribution is 2.38. The monoisotopic (exact) mass is 317 g/mol. The van der Waals surface area contributed by atoms with E-state index in [0.29, 0.717) is 22.6 Å². The third-order valence-electron chi connectivity index (χ3n) is 3.51. The number of nitrogens with two attached hydrogens (primary N) is 1. The Morgan fingerprint density at radius 3 is 2.50 bits per heavy atom. The number of benzene rings is 1. The Balaban J connectivity index is 2.89. The zero-order chi connectivity index (χ0) is 15.1. The zero-order valence-electron chi connectivity index (χ0n) is 12.6. The molecule has 0 fully saturated rings. The van der Waals surface area contributed by atoms with Gasteiger partial charge >= 0.3 is 0 Å². The number of halogens is 2. The van der Waals surface area contributed by atoms with Crippen LogP contribution >= 0.6 is 23.2 Å². The average molecular weight is 318 g/mol. The van der Waals surface area contributed by atoms with Gasteiger partial charge in [-0.05, 0) is 49.3 Å². The molecule has 0 aliphatic rings. The molecule has 0 bridgehead atoms. The molecule has 0 spiro atoms. The lowest BCUT2D eigenvalue weighted by Gasteiger charge is -2.20. The molecular weight excluding hydrogens is 293 g/mol. The minimum atomic E-state index is 0.257. The van der Waals surface area contributed by atoms with Gasteiger partial charge in [0.2, 0.25) is 0 Å². The van der Waals surface area contributed by atoms with Crippen LogP contribution in [0, 0.1) is 0 Å². The van der Waals surface area contributed by atoms with Crippen LogP contribution in [0.5, 0.6) is 5.75 Å². The average Bonchev–Trinajstić information content (AvgIpc) is 2.42. The van der Waals surface area contributed by atoms with Crippen molar-refractivity contribution in [2.24, 2.45) is 5.73 Å². The minimum Gasteiger partial charge on any atom is -0.492 e. The Kier molecular flexibility index (Phi) is 7.71. The molecule has 1 aromatic rings. The van der Waals surface area contributed by atoms with E-state index in [4.69, 9.17) is 33.7 Å². The lowest BCUT2D eigenvalue weighted by Crippen LogP contribution is -2.19. The van der Waals surface area contributed by atoms with Crippen LogP contribution in [0.25, 0.3) is 0 Å². The van der Waals surface area contributed by atoms with Crippen molar-refractivity contribution in [2.75, 3.05) is 6.61 Å². The van der Waals surface area contributed by atoms with Crippen LogP contribution in [0.1, 0.15) is 57.9 Å². The molecule has 0 amide bonds. The number of ether oxygens (including phenoxy) is 1. The fraction of sp³-hybridized carbons (Fsp3) is 0.625. The van der Waals surface area contributed by atoms with Gasteiger partial charge in [0.1, 0.15) is 5.75 Å². The van der Waals surface area contributed by atoms with Crippen LogP contribution in [0.2, 0.25) is 10.0 Å². The van der Waals surface area contributed by atoms with Gasteiger partial charge in [-0.25, -0.2) is 0 Å². The highest BCUT2D eigenvalue weighted by atomic mass is 35.5. The summed E-state index contributed by atoms with van der Waals surface area (Å²) >= 11 is 12.4. The zero-order valence-corrected chi connectivity index (χ0v) is 14.1. The molecule has 2 N–H and O–H groups in total. The van der Waals surface area contributed by atoms with Gasteiger partial charge in [0.05, 0.1) is 11.6 Å². The van der Waals surface area contributed by atoms with Crippen molar-refractivity contribution in [3.63, 3.8) is 0 Å². The number of rotatable bonds is 8. The molecule has 2 unspecified atom stereocenters. The first kappa shape index (κ1) is 17.6. The van der Waals surface area contributed by atoms with Crippen molar-refractivity contribution < 1.29 is 4.74 Å². The summed E-state index contributed by atoms with van der Waals surface area (Å²) in [5, 5.41) is 1.24. The van der Waals surface area contributed by atoms with Crippen molar-refractivity contribution in [1.29, 1.82) is 0 Å². The molecule has 1 aromatic carbocycles. The van der Waals surface area contributed by atoms with Gasteiger partial charge in [0, 0.05) is 11.1 Å². The summed E-state index contributed by atoms with van der Waals surface area (Å²) in [4.78, 5) is 0. The maximum Gasteiger partial charge on any atom is 0.141 e. The summed E-state index contributed by atoms with van der Waals surface area (Å²) in [6, 6.07) is 3.95. The largest absolute Gasteiger partial charge is 0.492 e. The molecule has 0 radical (unpaired) electrons. The topological polar surface area (TPSA) is 35.2 Å². The fourth-order valence-corrected chi connectivity index (χ4v) is 2.69. The van der Waals surface area contributed by atoms with Gasteiger partial charge in [0.25, 0.3) is 0 Å². The van der Waals surface area contributed by atoms with Crippen molar-refractivity contribution >= 4 is 23.2 Å². The summed E-state index contributed by atoms with van der Waals surface area (Å²) in [6.45, 7) is 7.02. The highest BCUT2D eigenvalue weighted by molar-refractivity contribution is 6.35. The molecule has 0 aromatic heterocycles. The second kappa shape index (κ2) is 8.76. The number of hydrogen-bond acceptors (Lipinski definition) is 2. The van der Waals surface area contributed by atoms with E-state index in [1.54, 1.807) is 6.07 Å². The second-order valence-electron chi connectivity index (χ2n) is 5.30. The Labute approximate surface area is 132 Å². The first-order valence-electron chi connectivity index (χ1n) is 7.36. The van der Waals surface area contributed by atoms with Crippen molar-refractivity contribution in [3.8, 4) is 5.75 Å². The van der Waals surface area contributed by atoms with E-state index in [9.17, 15) is 0 Å². The van der Waals surface area contributed by atoms with Crippen molar-refractivity contribution in [3.05, 3.63) is 27.7 Å². The van der Waals surface area contributed by atoms with E-state index in [1.807, 2.05) is 6.07 Å². The molecular formula is C16H25Cl2NO. The van der Waals surface area contributed by atoms with Crippen LogP contribution in [0.4, 0.5) is 0 Å². The fourth-order valence-electron chi connectivity index (χ4n) is 2.13. The molecule has 1 rings (SSSR count). The van der Waals surface area contributed by atoms with Crippen LogP contribution in [0.15, 0.2) is 12.1 Å². The summed E-state index contributed by atoms with van der Waals surface area (Å²) < 4.78 is 5.80. The number of hydrogen-bond donors (Lipinski definition) is 1. The van der Waals surface area contributed by atoms with E-state index in [0.717, 1.165) is 37.0 Å². The normalized spacial score (nSPS) is 14.1. The third kappa shape index (κ3) is 5.16. The first-order chi connectivity index (χ1) is 9.49. The highest BCUT2D eigenvalue weighted by Gasteiger charge is 2.17. The van der Waals surface area contributed by atoms with Crippen LogP contribution in [-0.2, 0) is 0 Å². The minimum absolute atomic E-state index is 0.257. The lowest BCUT2D eigenvalue weighted by molar-refractivity contribution is 0.312. The summed E-state index contributed by atoms with van der Waals surface area (Å²) in [6.07, 6.45) is 3.96. The summed E-state index contributed by atoms with van der Waals surface area (Å²) in [5.74, 6) is 1.10. The lowest BCUT2D eigenvalue weighted by atomic mass is 9.93. The molecule has 114 valence electrons. The van der Waals surface area contributed by atoms with Crippen LogP contribution < -0.4 is 10.5 Å². The molecule has 0 aliphatic carbocycles. The van der Waals surface area contributed by atoms with Gasteiger partial charge in [-0.1, -0.05) is 44.0 Å². The molecule has 4 heteroatoms. The molecule has 0 saturated heterocycles.